The molecule has 0 saturated carbocycles. The third kappa shape index (κ3) is 4.70. The molecule has 2 amide bonds. The Morgan fingerprint density at radius 2 is 1.79 bits per heavy atom. The van der Waals surface area contributed by atoms with Crippen molar-refractivity contribution in [2.24, 2.45) is 11.7 Å². The highest BCUT2D eigenvalue weighted by Crippen LogP contribution is 2.23. The number of piperidine rings is 1. The van der Waals surface area contributed by atoms with Gasteiger partial charge in [-0.2, -0.15) is 13.2 Å². The molecule has 1 aliphatic rings. The largest absolute Gasteiger partial charge is 0.471 e. The fourth-order valence-electron chi connectivity index (χ4n) is 2.69. The van der Waals surface area contributed by atoms with Crippen molar-refractivity contribution >= 4 is 11.8 Å². The zero-order valence-corrected chi connectivity index (χ0v) is 13.1. The van der Waals surface area contributed by atoms with Crippen LogP contribution in [-0.2, 0) is 9.59 Å². The second kappa shape index (κ2) is 7.65. The van der Waals surface area contributed by atoms with Crippen LogP contribution in [-0.4, -0.2) is 42.5 Å². The van der Waals surface area contributed by atoms with Gasteiger partial charge in [-0.3, -0.25) is 9.59 Å². The van der Waals surface area contributed by atoms with E-state index in [1.54, 1.807) is 24.3 Å². The van der Waals surface area contributed by atoms with E-state index in [9.17, 15) is 22.8 Å². The van der Waals surface area contributed by atoms with Crippen LogP contribution >= 0.6 is 0 Å². The first kappa shape index (κ1) is 18.3. The van der Waals surface area contributed by atoms with E-state index in [1.165, 1.54) is 0 Å². The van der Waals surface area contributed by atoms with Gasteiger partial charge in [0.1, 0.15) is 6.04 Å². The number of carbonyl (C=O) groups is 2. The van der Waals surface area contributed by atoms with E-state index >= 15 is 0 Å². The average molecular weight is 343 g/mol. The number of nitrogens with zero attached hydrogens (tertiary/aromatic N) is 1. The van der Waals surface area contributed by atoms with E-state index in [2.05, 4.69) is 5.32 Å². The molecular formula is C16H20F3N3O2. The number of amides is 2. The molecule has 1 unspecified atom stereocenters. The molecule has 1 aromatic carbocycles. The van der Waals surface area contributed by atoms with Crippen molar-refractivity contribution in [1.29, 1.82) is 0 Å². The lowest BCUT2D eigenvalue weighted by Gasteiger charge is -2.32. The minimum atomic E-state index is -4.83. The van der Waals surface area contributed by atoms with E-state index in [4.69, 9.17) is 5.73 Å². The summed E-state index contributed by atoms with van der Waals surface area (Å²) in [6.45, 7) is 0.431. The fourth-order valence-corrected chi connectivity index (χ4v) is 2.69. The summed E-state index contributed by atoms with van der Waals surface area (Å²) < 4.78 is 37.1. The fraction of sp³-hybridized carbons (Fsp3) is 0.500. The van der Waals surface area contributed by atoms with Gasteiger partial charge in [-0.15, -0.1) is 0 Å². The minimum absolute atomic E-state index is 0.0363. The maximum Gasteiger partial charge on any atom is 0.471 e. The number of carbonyl (C=O) groups excluding carboxylic acids is 2. The summed E-state index contributed by atoms with van der Waals surface area (Å²) in [5.74, 6) is -2.08. The molecule has 1 heterocycles. The lowest BCUT2D eigenvalue weighted by atomic mass is 9.96. The van der Waals surface area contributed by atoms with Crippen LogP contribution in [0.1, 0.15) is 24.4 Å². The Morgan fingerprint density at radius 3 is 2.33 bits per heavy atom. The minimum Gasteiger partial charge on any atom is -0.354 e. The van der Waals surface area contributed by atoms with Gasteiger partial charge in [-0.25, -0.2) is 0 Å². The van der Waals surface area contributed by atoms with E-state index < -0.39 is 18.1 Å². The van der Waals surface area contributed by atoms with E-state index in [0.717, 1.165) is 4.90 Å². The molecule has 24 heavy (non-hydrogen) atoms. The predicted molar refractivity (Wildman–Crippen MR) is 81.7 cm³/mol. The summed E-state index contributed by atoms with van der Waals surface area (Å²) >= 11 is 0. The number of rotatable bonds is 4. The molecule has 0 spiro atoms. The van der Waals surface area contributed by atoms with Gasteiger partial charge >= 0.3 is 12.1 Å². The maximum absolute atomic E-state index is 12.4. The van der Waals surface area contributed by atoms with Gasteiger partial charge in [0, 0.05) is 19.6 Å². The molecular weight excluding hydrogens is 323 g/mol. The highest BCUT2D eigenvalue weighted by atomic mass is 19.4. The Morgan fingerprint density at radius 1 is 1.21 bits per heavy atom. The van der Waals surface area contributed by atoms with Gasteiger partial charge in [-0.05, 0) is 24.3 Å². The van der Waals surface area contributed by atoms with Gasteiger partial charge in [0.25, 0.3) is 0 Å². The summed E-state index contributed by atoms with van der Waals surface area (Å²) in [6.07, 6.45) is -3.99. The molecule has 1 fully saturated rings. The standard InChI is InChI=1S/C16H20F3N3O2/c17-16(18,19)15(24)22-8-6-11(7-9-22)10-21-14(23)13(20)12-4-2-1-3-5-12/h1-5,11,13H,6-10,20H2,(H,21,23). The Balaban J connectivity index is 1.76. The Kier molecular flexibility index (Phi) is 5.82. The summed E-state index contributed by atoms with van der Waals surface area (Å²) in [6, 6.07) is 8.13. The number of alkyl halides is 3. The second-order valence-corrected chi connectivity index (χ2v) is 5.87. The first-order chi connectivity index (χ1) is 11.3. The number of hydrogen-bond acceptors (Lipinski definition) is 3. The van der Waals surface area contributed by atoms with Crippen molar-refractivity contribution in [2.45, 2.75) is 25.1 Å². The van der Waals surface area contributed by atoms with Crippen LogP contribution in [0.15, 0.2) is 30.3 Å². The third-order valence-corrected chi connectivity index (χ3v) is 4.15. The van der Waals surface area contributed by atoms with Crippen LogP contribution in [0.5, 0.6) is 0 Å². The van der Waals surface area contributed by atoms with Crippen molar-refractivity contribution in [3.63, 3.8) is 0 Å². The van der Waals surface area contributed by atoms with Crippen LogP contribution in [0, 0.1) is 5.92 Å². The van der Waals surface area contributed by atoms with Crippen LogP contribution < -0.4 is 11.1 Å². The van der Waals surface area contributed by atoms with Gasteiger partial charge in [0.15, 0.2) is 0 Å². The molecule has 0 aromatic heterocycles. The molecule has 3 N–H and O–H groups in total. The maximum atomic E-state index is 12.4. The van der Waals surface area contributed by atoms with Gasteiger partial charge in [0.2, 0.25) is 5.91 Å². The van der Waals surface area contributed by atoms with Crippen molar-refractivity contribution in [2.75, 3.05) is 19.6 Å². The van der Waals surface area contributed by atoms with Crippen LogP contribution in [0.3, 0.4) is 0 Å². The summed E-state index contributed by atoms with van der Waals surface area (Å²) in [7, 11) is 0. The Bertz CT molecular complexity index is 570. The molecule has 1 aromatic rings. The Hall–Kier alpha value is -2.09. The number of nitrogens with two attached hydrogens (primary N) is 1. The smallest absolute Gasteiger partial charge is 0.354 e. The first-order valence-electron chi connectivity index (χ1n) is 7.73. The molecule has 0 aliphatic carbocycles. The molecule has 1 saturated heterocycles. The van der Waals surface area contributed by atoms with Crippen LogP contribution in [0.4, 0.5) is 13.2 Å². The molecule has 132 valence electrons. The lowest BCUT2D eigenvalue weighted by Crippen LogP contribution is -2.47. The molecule has 0 bridgehead atoms. The quantitative estimate of drug-likeness (QED) is 0.872. The van der Waals surface area contributed by atoms with E-state index in [-0.39, 0.29) is 24.9 Å². The predicted octanol–water partition coefficient (Wildman–Crippen LogP) is 1.60. The normalized spacial score (nSPS) is 17.4. The van der Waals surface area contributed by atoms with Crippen molar-refractivity contribution in [1.82, 2.24) is 10.2 Å². The SMILES string of the molecule is NC(C(=O)NCC1CCN(C(=O)C(F)(F)F)CC1)c1ccccc1. The lowest BCUT2D eigenvalue weighted by molar-refractivity contribution is -0.186. The number of likely N-dealkylation sites (tertiary alicyclic amines) is 1. The molecule has 8 heteroatoms. The summed E-state index contributed by atoms with van der Waals surface area (Å²) in [4.78, 5) is 24.0. The van der Waals surface area contributed by atoms with Crippen molar-refractivity contribution < 1.29 is 22.8 Å². The molecule has 1 aliphatic heterocycles. The Labute approximate surface area is 138 Å². The monoisotopic (exact) mass is 343 g/mol. The van der Waals surface area contributed by atoms with Crippen molar-refractivity contribution in [3.8, 4) is 0 Å². The van der Waals surface area contributed by atoms with Gasteiger partial charge < -0.3 is 16.0 Å². The van der Waals surface area contributed by atoms with E-state index in [0.29, 0.717) is 24.9 Å². The topological polar surface area (TPSA) is 75.4 Å². The van der Waals surface area contributed by atoms with Crippen molar-refractivity contribution in [3.05, 3.63) is 35.9 Å². The highest BCUT2D eigenvalue weighted by molar-refractivity contribution is 5.83. The third-order valence-electron chi connectivity index (χ3n) is 4.15. The van der Waals surface area contributed by atoms with Gasteiger partial charge in [0.05, 0.1) is 0 Å². The van der Waals surface area contributed by atoms with Crippen LogP contribution in [0.2, 0.25) is 0 Å². The zero-order valence-electron chi connectivity index (χ0n) is 13.1. The highest BCUT2D eigenvalue weighted by Gasteiger charge is 2.43. The van der Waals surface area contributed by atoms with E-state index in [1.807, 2.05) is 6.07 Å². The summed E-state index contributed by atoms with van der Waals surface area (Å²) in [5.41, 5.74) is 6.57. The number of benzene rings is 1. The zero-order chi connectivity index (χ0) is 17.7. The summed E-state index contributed by atoms with van der Waals surface area (Å²) in [5, 5.41) is 2.74. The van der Waals surface area contributed by atoms with Crippen LogP contribution in [0.25, 0.3) is 0 Å². The molecule has 5 nitrogen and oxygen atoms in total. The molecule has 0 radical (unpaired) electrons. The molecule has 2 rings (SSSR count). The number of halogens is 3. The van der Waals surface area contributed by atoms with Gasteiger partial charge in [-0.1, -0.05) is 30.3 Å². The number of nitrogens with one attached hydrogen (secondary N) is 1. The first-order valence-corrected chi connectivity index (χ1v) is 7.73. The second-order valence-electron chi connectivity index (χ2n) is 5.87. The average Bonchev–Trinajstić information content (AvgIpc) is 2.58. The molecule has 1 atom stereocenters. The number of hydrogen-bond donors (Lipinski definition) is 2.